The van der Waals surface area contributed by atoms with Gasteiger partial charge in [-0.3, -0.25) is 0 Å². The third kappa shape index (κ3) is 3.43. The van der Waals surface area contributed by atoms with Gasteiger partial charge in [0.15, 0.2) is 6.79 Å². The van der Waals surface area contributed by atoms with E-state index >= 15 is 0 Å². The molecule has 0 N–H and O–H groups in total. The minimum absolute atomic E-state index is 0.0559. The van der Waals surface area contributed by atoms with Gasteiger partial charge < -0.3 is 14.2 Å². The minimum Gasteiger partial charge on any atom is -0.467 e. The van der Waals surface area contributed by atoms with Crippen molar-refractivity contribution in [1.29, 1.82) is 0 Å². The van der Waals surface area contributed by atoms with Crippen molar-refractivity contribution in [2.45, 2.75) is 25.5 Å². The van der Waals surface area contributed by atoms with Crippen molar-refractivity contribution in [3.63, 3.8) is 0 Å². The molecule has 1 saturated heterocycles. The van der Waals surface area contributed by atoms with Gasteiger partial charge in [-0.1, -0.05) is 12.1 Å². The second-order valence-electron chi connectivity index (χ2n) is 5.01. The zero-order valence-electron chi connectivity index (χ0n) is 12.1. The lowest BCUT2D eigenvalue weighted by Crippen LogP contribution is -2.18. The molecule has 0 aliphatic carbocycles. The monoisotopic (exact) mass is 287 g/mol. The molecule has 1 fully saturated rings. The molecular weight excluding hydrogens is 268 g/mol. The molecule has 2 aromatic rings. The molecule has 111 valence electrons. The predicted octanol–water partition coefficient (Wildman–Crippen LogP) is 3.03. The van der Waals surface area contributed by atoms with Crippen LogP contribution in [0.1, 0.15) is 25.5 Å². The van der Waals surface area contributed by atoms with Gasteiger partial charge in [0.05, 0.1) is 6.20 Å². The average molecular weight is 287 g/mol. The Bertz CT molecular complexity index is 576. The number of hydrogen-bond acceptors (Lipinski definition) is 4. The molecule has 0 bridgehead atoms. The van der Waals surface area contributed by atoms with Gasteiger partial charge in [0.25, 0.3) is 0 Å². The average Bonchev–Trinajstić information content (AvgIpc) is 3.04. The first-order valence-corrected chi connectivity index (χ1v) is 7.17. The Morgan fingerprint density at radius 1 is 1.43 bits per heavy atom. The molecule has 0 saturated carbocycles. The maximum atomic E-state index is 5.74. The topological polar surface area (TPSA) is 45.5 Å². The summed E-state index contributed by atoms with van der Waals surface area (Å²) in [7, 11) is 1.60. The van der Waals surface area contributed by atoms with Gasteiger partial charge in [0.2, 0.25) is 0 Å². The van der Waals surface area contributed by atoms with Crippen LogP contribution < -0.4 is 4.74 Å². The van der Waals surface area contributed by atoms with Gasteiger partial charge >= 0.3 is 0 Å². The highest BCUT2D eigenvalue weighted by Gasteiger charge is 2.16. The summed E-state index contributed by atoms with van der Waals surface area (Å²) < 4.78 is 17.9. The number of hydrogen-bond donors (Lipinski definition) is 0. The molecule has 1 radical (unpaired) electrons. The van der Waals surface area contributed by atoms with Crippen LogP contribution in [-0.4, -0.2) is 30.3 Å². The highest BCUT2D eigenvalue weighted by molar-refractivity contribution is 5.62. The summed E-state index contributed by atoms with van der Waals surface area (Å²) >= 11 is 0. The first-order valence-electron chi connectivity index (χ1n) is 7.17. The summed E-state index contributed by atoms with van der Waals surface area (Å²) in [5, 5.41) is 4.41. The third-order valence-electron chi connectivity index (χ3n) is 3.46. The fraction of sp³-hybridized carbons (Fsp3) is 0.438. The third-order valence-corrected chi connectivity index (χ3v) is 3.46. The molecule has 1 aliphatic heterocycles. The van der Waals surface area contributed by atoms with Crippen molar-refractivity contribution in [3.8, 4) is 16.9 Å². The van der Waals surface area contributed by atoms with Crippen LogP contribution in [-0.2, 0) is 9.47 Å². The van der Waals surface area contributed by atoms with Crippen LogP contribution in [0.5, 0.6) is 5.75 Å². The highest BCUT2D eigenvalue weighted by Crippen LogP contribution is 2.26. The number of ether oxygens (including phenoxy) is 3. The molecule has 0 spiro atoms. The van der Waals surface area contributed by atoms with Crippen molar-refractivity contribution in [2.75, 3.05) is 20.5 Å². The summed E-state index contributed by atoms with van der Waals surface area (Å²) in [6.07, 6.45) is 7.23. The van der Waals surface area contributed by atoms with Gasteiger partial charge in [-0.25, -0.2) is 4.68 Å². The number of nitrogens with zero attached hydrogens (tertiary/aromatic N) is 2. The quantitative estimate of drug-likeness (QED) is 0.793. The standard InChI is InChI=1S/C16H19N2O3/c1-19-12-21-15-6-4-5-13(9-15)14-10-17-18(11-14)16-7-2-3-8-20-16/h4-6,10-11,16H,2-3,7-8,12H2,1H3. The zero-order chi connectivity index (χ0) is 14.5. The van der Waals surface area contributed by atoms with Crippen LogP contribution in [0.3, 0.4) is 0 Å². The fourth-order valence-electron chi connectivity index (χ4n) is 2.39. The van der Waals surface area contributed by atoms with Crippen LogP contribution in [0, 0.1) is 6.07 Å². The summed E-state index contributed by atoms with van der Waals surface area (Å²) in [5.74, 6) is 0.663. The van der Waals surface area contributed by atoms with E-state index in [9.17, 15) is 0 Å². The van der Waals surface area contributed by atoms with E-state index in [-0.39, 0.29) is 13.0 Å². The Kier molecular flexibility index (Phi) is 4.52. The first kappa shape index (κ1) is 14.1. The van der Waals surface area contributed by atoms with Crippen LogP contribution in [0.4, 0.5) is 0 Å². The van der Waals surface area contributed by atoms with Gasteiger partial charge in [-0.2, -0.15) is 5.10 Å². The molecule has 1 aromatic carbocycles. The van der Waals surface area contributed by atoms with Crippen molar-refractivity contribution in [3.05, 3.63) is 36.7 Å². The van der Waals surface area contributed by atoms with E-state index in [1.807, 2.05) is 35.3 Å². The molecule has 2 heterocycles. The van der Waals surface area contributed by atoms with Crippen molar-refractivity contribution >= 4 is 0 Å². The van der Waals surface area contributed by atoms with E-state index in [0.717, 1.165) is 30.6 Å². The molecule has 21 heavy (non-hydrogen) atoms. The Hall–Kier alpha value is -1.85. The lowest BCUT2D eigenvalue weighted by molar-refractivity contribution is -0.0394. The van der Waals surface area contributed by atoms with E-state index < -0.39 is 0 Å². The summed E-state index contributed by atoms with van der Waals surface area (Å²) in [4.78, 5) is 0. The van der Waals surface area contributed by atoms with E-state index in [2.05, 4.69) is 11.2 Å². The van der Waals surface area contributed by atoms with Crippen LogP contribution in [0.2, 0.25) is 0 Å². The molecular formula is C16H19N2O3. The molecule has 3 rings (SSSR count). The lowest BCUT2D eigenvalue weighted by Gasteiger charge is -2.22. The van der Waals surface area contributed by atoms with Crippen molar-refractivity contribution in [1.82, 2.24) is 9.78 Å². The zero-order valence-corrected chi connectivity index (χ0v) is 12.1. The Morgan fingerprint density at radius 3 is 3.19 bits per heavy atom. The summed E-state index contributed by atoms with van der Waals surface area (Å²) in [6, 6.07) is 9.00. The second kappa shape index (κ2) is 6.74. The van der Waals surface area contributed by atoms with E-state index in [4.69, 9.17) is 14.2 Å². The maximum absolute atomic E-state index is 5.74. The molecule has 1 atom stereocenters. The predicted molar refractivity (Wildman–Crippen MR) is 77.8 cm³/mol. The Balaban J connectivity index is 1.76. The second-order valence-corrected chi connectivity index (χ2v) is 5.01. The normalized spacial score (nSPS) is 18.6. The lowest BCUT2D eigenvalue weighted by atomic mass is 10.1. The molecule has 5 heteroatoms. The smallest absolute Gasteiger partial charge is 0.188 e. The van der Waals surface area contributed by atoms with Crippen molar-refractivity contribution < 1.29 is 14.2 Å². The van der Waals surface area contributed by atoms with E-state index in [1.54, 1.807) is 7.11 Å². The van der Waals surface area contributed by atoms with Gasteiger partial charge in [0.1, 0.15) is 12.0 Å². The van der Waals surface area contributed by atoms with Crippen LogP contribution in [0.15, 0.2) is 30.6 Å². The van der Waals surface area contributed by atoms with E-state index in [1.165, 1.54) is 6.42 Å². The Morgan fingerprint density at radius 2 is 2.38 bits per heavy atom. The molecule has 5 nitrogen and oxygen atoms in total. The van der Waals surface area contributed by atoms with Crippen LogP contribution in [0.25, 0.3) is 11.1 Å². The van der Waals surface area contributed by atoms with Gasteiger partial charge in [-0.05, 0) is 30.9 Å². The maximum Gasteiger partial charge on any atom is 0.188 e. The number of methoxy groups -OCH3 is 1. The van der Waals surface area contributed by atoms with Gasteiger partial charge in [-0.15, -0.1) is 0 Å². The molecule has 1 aliphatic rings. The van der Waals surface area contributed by atoms with Gasteiger partial charge in [0, 0.05) is 31.5 Å². The molecule has 0 amide bonds. The SMILES string of the molecule is COCOc1[c]c(-c2cnn(C3CCCCO3)c2)ccc1. The minimum atomic E-state index is 0.0559. The highest BCUT2D eigenvalue weighted by atomic mass is 16.7. The Labute approximate surface area is 124 Å². The summed E-state index contributed by atoms with van der Waals surface area (Å²) in [6.45, 7) is 1.03. The first-order chi connectivity index (χ1) is 10.4. The number of rotatable bonds is 5. The molecule has 1 unspecified atom stereocenters. The fourth-order valence-corrected chi connectivity index (χ4v) is 2.39. The molecule has 1 aromatic heterocycles. The van der Waals surface area contributed by atoms with Crippen LogP contribution >= 0.6 is 0 Å². The number of benzene rings is 1. The van der Waals surface area contributed by atoms with E-state index in [0.29, 0.717) is 5.75 Å². The largest absolute Gasteiger partial charge is 0.467 e. The number of aromatic nitrogens is 2. The van der Waals surface area contributed by atoms with Crippen molar-refractivity contribution in [2.24, 2.45) is 0 Å². The summed E-state index contributed by atoms with van der Waals surface area (Å²) in [5.41, 5.74) is 1.96.